The molecular formula is C23H23FN4O2. The molecule has 0 radical (unpaired) electrons. The molecule has 2 aromatic carbocycles. The number of amides is 2. The van der Waals surface area contributed by atoms with E-state index < -0.39 is 11.7 Å². The summed E-state index contributed by atoms with van der Waals surface area (Å²) in [6, 6.07) is 16.4. The minimum Gasteiger partial charge on any atom is -0.397 e. The van der Waals surface area contributed by atoms with Gasteiger partial charge in [0.1, 0.15) is 11.5 Å². The molecule has 2 amide bonds. The maximum Gasteiger partial charge on any atom is 0.274 e. The lowest BCUT2D eigenvalue weighted by molar-refractivity contribution is -0.118. The zero-order valence-electron chi connectivity index (χ0n) is 16.7. The normalized spacial score (nSPS) is 11.7. The highest BCUT2D eigenvalue weighted by Gasteiger charge is 2.24. The van der Waals surface area contributed by atoms with Crippen molar-refractivity contribution >= 4 is 28.9 Å². The number of rotatable bonds is 6. The van der Waals surface area contributed by atoms with Gasteiger partial charge in [0.2, 0.25) is 5.91 Å². The first kappa shape index (κ1) is 21.0. The molecule has 3 rings (SSSR count). The predicted molar refractivity (Wildman–Crippen MR) is 116 cm³/mol. The summed E-state index contributed by atoms with van der Waals surface area (Å²) in [5.41, 5.74) is 7.68. The standard InChI is InChI=1S/C23H23FN4O2/c1-14(2)21(15-6-4-3-5-7-15)23(30)27-17-9-11-20(26-13-17)22(29)28-19-10-8-16(24)12-18(19)25/h3-14,21H,25H2,1-2H3,(H,27,30)(H,28,29)/t21-/m1/s1. The molecule has 1 heterocycles. The lowest BCUT2D eigenvalue weighted by Gasteiger charge is -2.20. The second kappa shape index (κ2) is 9.17. The number of benzene rings is 2. The van der Waals surface area contributed by atoms with Crippen molar-refractivity contribution < 1.29 is 14.0 Å². The summed E-state index contributed by atoms with van der Waals surface area (Å²) in [4.78, 5) is 29.3. The molecule has 1 atom stereocenters. The summed E-state index contributed by atoms with van der Waals surface area (Å²) in [6.07, 6.45) is 1.42. The van der Waals surface area contributed by atoms with Crippen LogP contribution in [0.1, 0.15) is 35.8 Å². The molecule has 0 unspecified atom stereocenters. The predicted octanol–water partition coefficient (Wildman–Crippen LogP) is 4.43. The van der Waals surface area contributed by atoms with Crippen LogP contribution in [-0.2, 0) is 4.79 Å². The van der Waals surface area contributed by atoms with Crippen molar-refractivity contribution in [2.75, 3.05) is 16.4 Å². The fourth-order valence-corrected chi connectivity index (χ4v) is 3.16. The quantitative estimate of drug-likeness (QED) is 0.528. The van der Waals surface area contributed by atoms with Gasteiger partial charge in [-0.3, -0.25) is 9.59 Å². The van der Waals surface area contributed by atoms with E-state index in [0.717, 1.165) is 11.6 Å². The van der Waals surface area contributed by atoms with E-state index in [4.69, 9.17) is 5.73 Å². The Morgan fingerprint density at radius 1 is 1.00 bits per heavy atom. The molecule has 0 fully saturated rings. The van der Waals surface area contributed by atoms with E-state index in [0.29, 0.717) is 11.4 Å². The van der Waals surface area contributed by atoms with Crippen molar-refractivity contribution in [1.82, 2.24) is 4.98 Å². The van der Waals surface area contributed by atoms with Crippen molar-refractivity contribution in [2.24, 2.45) is 5.92 Å². The maximum absolute atomic E-state index is 13.1. The number of hydrogen-bond donors (Lipinski definition) is 3. The zero-order chi connectivity index (χ0) is 21.7. The Kier molecular flexibility index (Phi) is 6.41. The fraction of sp³-hybridized carbons (Fsp3) is 0.174. The summed E-state index contributed by atoms with van der Waals surface area (Å²) in [7, 11) is 0. The van der Waals surface area contributed by atoms with Crippen LogP contribution < -0.4 is 16.4 Å². The number of nitrogens with zero attached hydrogens (tertiary/aromatic N) is 1. The van der Waals surface area contributed by atoms with Gasteiger partial charge >= 0.3 is 0 Å². The highest BCUT2D eigenvalue weighted by Crippen LogP contribution is 2.26. The van der Waals surface area contributed by atoms with E-state index in [1.54, 1.807) is 6.07 Å². The number of anilines is 3. The van der Waals surface area contributed by atoms with E-state index in [1.165, 1.54) is 24.4 Å². The van der Waals surface area contributed by atoms with Crippen molar-refractivity contribution in [3.63, 3.8) is 0 Å². The molecule has 4 N–H and O–H groups in total. The van der Waals surface area contributed by atoms with Gasteiger partial charge in [-0.25, -0.2) is 9.37 Å². The molecular weight excluding hydrogens is 383 g/mol. The van der Waals surface area contributed by atoms with Gasteiger partial charge in [0.05, 0.1) is 29.2 Å². The third kappa shape index (κ3) is 5.00. The number of carbonyl (C=O) groups excluding carboxylic acids is 2. The highest BCUT2D eigenvalue weighted by atomic mass is 19.1. The Morgan fingerprint density at radius 2 is 1.73 bits per heavy atom. The van der Waals surface area contributed by atoms with Crippen LogP contribution in [-0.4, -0.2) is 16.8 Å². The highest BCUT2D eigenvalue weighted by molar-refractivity contribution is 6.04. The number of hydrogen-bond acceptors (Lipinski definition) is 4. The average Bonchev–Trinajstić information content (AvgIpc) is 2.71. The first-order valence-electron chi connectivity index (χ1n) is 9.53. The largest absolute Gasteiger partial charge is 0.397 e. The molecule has 6 nitrogen and oxygen atoms in total. The van der Waals surface area contributed by atoms with Crippen LogP contribution >= 0.6 is 0 Å². The van der Waals surface area contributed by atoms with Crippen molar-refractivity contribution in [3.05, 3.63) is 83.9 Å². The topological polar surface area (TPSA) is 97.1 Å². The Hall–Kier alpha value is -3.74. The van der Waals surface area contributed by atoms with Crippen molar-refractivity contribution in [2.45, 2.75) is 19.8 Å². The van der Waals surface area contributed by atoms with Gasteiger partial charge < -0.3 is 16.4 Å². The van der Waals surface area contributed by atoms with Crippen LogP contribution in [0.4, 0.5) is 21.5 Å². The number of carbonyl (C=O) groups is 2. The Morgan fingerprint density at radius 3 is 2.33 bits per heavy atom. The summed E-state index contributed by atoms with van der Waals surface area (Å²) in [6.45, 7) is 3.98. The van der Waals surface area contributed by atoms with E-state index in [9.17, 15) is 14.0 Å². The zero-order valence-corrected chi connectivity index (χ0v) is 16.7. The van der Waals surface area contributed by atoms with E-state index in [-0.39, 0.29) is 29.1 Å². The Balaban J connectivity index is 1.69. The first-order chi connectivity index (χ1) is 14.3. The summed E-state index contributed by atoms with van der Waals surface area (Å²) in [5.74, 6) is -1.33. The second-order valence-corrected chi connectivity index (χ2v) is 7.24. The smallest absolute Gasteiger partial charge is 0.274 e. The first-order valence-corrected chi connectivity index (χ1v) is 9.53. The third-order valence-corrected chi connectivity index (χ3v) is 4.63. The molecule has 0 aliphatic heterocycles. The van der Waals surface area contributed by atoms with Gasteiger partial charge in [-0.1, -0.05) is 44.2 Å². The minimum absolute atomic E-state index is 0.103. The lowest BCUT2D eigenvalue weighted by atomic mass is 9.87. The molecule has 7 heteroatoms. The molecule has 154 valence electrons. The van der Waals surface area contributed by atoms with E-state index in [2.05, 4.69) is 15.6 Å². The molecule has 1 aromatic heterocycles. The van der Waals surface area contributed by atoms with Crippen LogP contribution in [0.5, 0.6) is 0 Å². The van der Waals surface area contributed by atoms with Gasteiger partial charge in [0.25, 0.3) is 5.91 Å². The summed E-state index contributed by atoms with van der Waals surface area (Å²) >= 11 is 0. The SMILES string of the molecule is CC(C)[C@@H](C(=O)Nc1ccc(C(=O)Nc2ccc(F)cc2N)nc1)c1ccccc1. The van der Waals surface area contributed by atoms with Gasteiger partial charge in [0.15, 0.2) is 0 Å². The Labute approximate surface area is 174 Å². The molecule has 0 bridgehead atoms. The number of aromatic nitrogens is 1. The molecule has 0 saturated carbocycles. The number of halogens is 1. The van der Waals surface area contributed by atoms with Crippen LogP contribution in [0, 0.1) is 11.7 Å². The number of nitrogens with two attached hydrogens (primary N) is 1. The number of nitrogen functional groups attached to an aromatic ring is 1. The van der Waals surface area contributed by atoms with Crippen molar-refractivity contribution in [3.8, 4) is 0 Å². The summed E-state index contributed by atoms with van der Waals surface area (Å²) < 4.78 is 13.1. The van der Waals surface area contributed by atoms with E-state index >= 15 is 0 Å². The van der Waals surface area contributed by atoms with Gasteiger partial charge in [-0.15, -0.1) is 0 Å². The minimum atomic E-state index is -0.490. The molecule has 30 heavy (non-hydrogen) atoms. The third-order valence-electron chi connectivity index (χ3n) is 4.63. The summed E-state index contributed by atoms with van der Waals surface area (Å²) in [5, 5.41) is 5.45. The molecule has 0 aliphatic carbocycles. The van der Waals surface area contributed by atoms with Gasteiger partial charge in [-0.2, -0.15) is 0 Å². The van der Waals surface area contributed by atoms with Gasteiger partial charge in [0, 0.05) is 0 Å². The molecule has 0 aliphatic rings. The fourth-order valence-electron chi connectivity index (χ4n) is 3.16. The Bertz CT molecular complexity index is 1040. The van der Waals surface area contributed by atoms with Crippen LogP contribution in [0.15, 0.2) is 66.9 Å². The molecule has 0 spiro atoms. The monoisotopic (exact) mass is 406 g/mol. The van der Waals surface area contributed by atoms with Crippen molar-refractivity contribution in [1.29, 1.82) is 0 Å². The maximum atomic E-state index is 13.1. The van der Waals surface area contributed by atoms with Crippen LogP contribution in [0.2, 0.25) is 0 Å². The lowest BCUT2D eigenvalue weighted by Crippen LogP contribution is -2.25. The molecule has 3 aromatic rings. The number of nitrogens with one attached hydrogen (secondary N) is 2. The second-order valence-electron chi connectivity index (χ2n) is 7.24. The average molecular weight is 406 g/mol. The van der Waals surface area contributed by atoms with E-state index in [1.807, 2.05) is 44.2 Å². The van der Waals surface area contributed by atoms with Crippen LogP contribution in [0.3, 0.4) is 0 Å². The van der Waals surface area contributed by atoms with Crippen LogP contribution in [0.25, 0.3) is 0 Å². The molecule has 0 saturated heterocycles. The van der Waals surface area contributed by atoms with Gasteiger partial charge in [-0.05, 0) is 41.8 Å². The number of pyridine rings is 1.